The Kier molecular flexibility index (Phi) is 3.82. The summed E-state index contributed by atoms with van der Waals surface area (Å²) in [4.78, 5) is 0. The van der Waals surface area contributed by atoms with Crippen molar-refractivity contribution in [1.82, 2.24) is 0 Å². The van der Waals surface area contributed by atoms with Crippen LogP contribution in [0.3, 0.4) is 0 Å². The molecule has 0 aliphatic rings. The van der Waals surface area contributed by atoms with Gasteiger partial charge in [-0.25, -0.2) is 0 Å². The van der Waals surface area contributed by atoms with Gasteiger partial charge in [-0.15, -0.1) is 0 Å². The second kappa shape index (κ2) is 4.08. The first-order valence-electron chi connectivity index (χ1n) is 2.95. The van der Waals surface area contributed by atoms with Crippen molar-refractivity contribution in [2.24, 2.45) is 0 Å². The minimum absolute atomic E-state index is 2.13. The van der Waals surface area contributed by atoms with Gasteiger partial charge in [0.15, 0.2) is 0 Å². The zero-order valence-corrected chi connectivity index (χ0v) is 7.54. The van der Waals surface area contributed by atoms with E-state index in [-0.39, 0.29) is 0 Å². The van der Waals surface area contributed by atoms with Crippen LogP contribution in [0.4, 0.5) is 30.7 Å². The summed E-state index contributed by atoms with van der Waals surface area (Å²) in [6.07, 6.45) is -9.71. The quantitative estimate of drug-likeness (QED) is 0.486. The van der Waals surface area contributed by atoms with E-state index in [2.05, 4.69) is 4.74 Å². The molecule has 0 rings (SSSR count). The summed E-state index contributed by atoms with van der Waals surface area (Å²) in [6.45, 7) is 0. The topological polar surface area (TPSA) is 63.6 Å². The SMILES string of the molecule is O=S(=O)(O)C(F)(F)C(F)(F)OC(F)=C(F)F. The van der Waals surface area contributed by atoms with Gasteiger partial charge < -0.3 is 4.74 Å². The lowest BCUT2D eigenvalue weighted by Crippen LogP contribution is -2.48. The Balaban J connectivity index is 5.32. The number of halogens is 7. The van der Waals surface area contributed by atoms with Gasteiger partial charge in [-0.1, -0.05) is 0 Å². The molecule has 16 heavy (non-hydrogen) atoms. The molecule has 0 aliphatic carbocycles. The molecule has 0 aliphatic heterocycles. The van der Waals surface area contributed by atoms with Crippen molar-refractivity contribution in [3.63, 3.8) is 0 Å². The fraction of sp³-hybridized carbons (Fsp3) is 0.500. The summed E-state index contributed by atoms with van der Waals surface area (Å²) in [7, 11) is -6.67. The van der Waals surface area contributed by atoms with Gasteiger partial charge in [-0.3, -0.25) is 4.55 Å². The zero-order chi connectivity index (χ0) is 13.4. The first kappa shape index (κ1) is 15.0. The highest BCUT2D eigenvalue weighted by Crippen LogP contribution is 2.41. The van der Waals surface area contributed by atoms with Crippen LogP contribution in [0.1, 0.15) is 0 Å². The molecule has 96 valence electrons. The minimum atomic E-state index is -6.67. The fourth-order valence-corrected chi connectivity index (χ4v) is 0.703. The molecule has 0 amide bonds. The number of hydrogen-bond acceptors (Lipinski definition) is 3. The van der Waals surface area contributed by atoms with E-state index in [0.29, 0.717) is 0 Å². The molecule has 0 unspecified atom stereocenters. The van der Waals surface area contributed by atoms with E-state index in [9.17, 15) is 39.2 Å². The van der Waals surface area contributed by atoms with E-state index in [4.69, 9.17) is 4.55 Å². The van der Waals surface area contributed by atoms with Gasteiger partial charge in [-0.05, 0) is 0 Å². The van der Waals surface area contributed by atoms with Gasteiger partial charge in [0.05, 0.1) is 0 Å². The normalized spacial score (nSPS) is 13.5. The molecule has 0 fully saturated rings. The summed E-state index contributed by atoms with van der Waals surface area (Å²) in [5.74, 6) is 0. The second-order valence-corrected chi connectivity index (χ2v) is 3.61. The lowest BCUT2D eigenvalue weighted by atomic mass is 10.6. The maximum Gasteiger partial charge on any atom is 0.485 e. The van der Waals surface area contributed by atoms with Gasteiger partial charge in [0, 0.05) is 0 Å². The van der Waals surface area contributed by atoms with Crippen molar-refractivity contribution in [3.05, 3.63) is 12.1 Å². The number of alkyl halides is 4. The highest BCUT2D eigenvalue weighted by molar-refractivity contribution is 7.86. The summed E-state index contributed by atoms with van der Waals surface area (Å²) in [6, 6.07) is -3.40. The first-order chi connectivity index (χ1) is 6.83. The van der Waals surface area contributed by atoms with Gasteiger partial charge in [0.25, 0.3) is 0 Å². The molecule has 4 nitrogen and oxygen atoms in total. The molecule has 12 heteroatoms. The van der Waals surface area contributed by atoms with Crippen LogP contribution in [0.25, 0.3) is 0 Å². The molecule has 1 N–H and O–H groups in total. The molecule has 0 aromatic carbocycles. The molecule has 0 atom stereocenters. The van der Waals surface area contributed by atoms with Crippen molar-refractivity contribution < 1.29 is 48.4 Å². The molecule has 0 aromatic rings. The standard InChI is InChI=1S/C4HF7O4S/c5-1(6)2(7)15-3(8,9)4(10,11)16(12,13)14/h(H,12,13,14). The van der Waals surface area contributed by atoms with Crippen LogP contribution in [0, 0.1) is 0 Å². The second-order valence-electron chi connectivity index (χ2n) is 2.14. The molecule has 0 radical (unpaired) electrons. The number of ether oxygens (including phenoxy) is 1. The van der Waals surface area contributed by atoms with Crippen molar-refractivity contribution >= 4 is 10.1 Å². The molecule has 0 saturated carbocycles. The Morgan fingerprint density at radius 1 is 1.06 bits per heavy atom. The zero-order valence-electron chi connectivity index (χ0n) is 6.73. The predicted octanol–water partition coefficient (Wildman–Crippen LogP) is 2.11. The molecule has 0 heterocycles. The fourth-order valence-electron chi connectivity index (χ4n) is 0.361. The largest absolute Gasteiger partial charge is 0.485 e. The summed E-state index contributed by atoms with van der Waals surface area (Å²) in [5.41, 5.74) is 0. The Hall–Kier alpha value is -1.04. The molecular formula is C4HF7O4S. The molecule has 0 spiro atoms. The van der Waals surface area contributed by atoms with Crippen molar-refractivity contribution in [3.8, 4) is 0 Å². The average molecular weight is 278 g/mol. The van der Waals surface area contributed by atoms with Crippen LogP contribution in [0.2, 0.25) is 0 Å². The first-order valence-corrected chi connectivity index (χ1v) is 4.39. The van der Waals surface area contributed by atoms with Crippen molar-refractivity contribution in [1.29, 1.82) is 0 Å². The predicted molar refractivity (Wildman–Crippen MR) is 32.9 cm³/mol. The molecule has 0 saturated heterocycles. The number of hydrogen-bond donors (Lipinski definition) is 1. The van der Waals surface area contributed by atoms with Crippen molar-refractivity contribution in [2.45, 2.75) is 11.4 Å². The van der Waals surface area contributed by atoms with Crippen LogP contribution in [0.5, 0.6) is 0 Å². The molecule has 0 bridgehead atoms. The maximum absolute atomic E-state index is 12.2. The summed E-state index contributed by atoms with van der Waals surface area (Å²) in [5, 5.41) is -6.28. The Morgan fingerprint density at radius 3 is 1.69 bits per heavy atom. The Bertz CT molecular complexity index is 395. The van der Waals surface area contributed by atoms with E-state index < -0.39 is 33.6 Å². The maximum atomic E-state index is 12.2. The van der Waals surface area contributed by atoms with Gasteiger partial charge in [0.2, 0.25) is 0 Å². The number of rotatable bonds is 4. The smallest absolute Gasteiger partial charge is 0.397 e. The van der Waals surface area contributed by atoms with E-state index in [0.717, 1.165) is 0 Å². The molecule has 0 aromatic heterocycles. The van der Waals surface area contributed by atoms with Crippen LogP contribution < -0.4 is 0 Å². The van der Waals surface area contributed by atoms with E-state index >= 15 is 0 Å². The monoisotopic (exact) mass is 278 g/mol. The Labute approximate surface area is 83.0 Å². The summed E-state index contributed by atoms with van der Waals surface area (Å²) >= 11 is 0. The minimum Gasteiger partial charge on any atom is -0.397 e. The summed E-state index contributed by atoms with van der Waals surface area (Å²) < 4.78 is 112. The van der Waals surface area contributed by atoms with Gasteiger partial charge in [0.1, 0.15) is 0 Å². The van der Waals surface area contributed by atoms with Gasteiger partial charge >= 0.3 is 33.6 Å². The van der Waals surface area contributed by atoms with Crippen LogP contribution >= 0.6 is 0 Å². The van der Waals surface area contributed by atoms with E-state index in [1.165, 1.54) is 0 Å². The third-order valence-electron chi connectivity index (χ3n) is 1.03. The lowest BCUT2D eigenvalue weighted by Gasteiger charge is -2.22. The molecular weight excluding hydrogens is 277 g/mol. The lowest BCUT2D eigenvalue weighted by molar-refractivity contribution is -0.310. The van der Waals surface area contributed by atoms with Crippen LogP contribution in [-0.4, -0.2) is 24.3 Å². The third-order valence-corrected chi connectivity index (χ3v) is 1.91. The highest BCUT2D eigenvalue weighted by Gasteiger charge is 2.69. The highest BCUT2D eigenvalue weighted by atomic mass is 32.2. The van der Waals surface area contributed by atoms with Crippen LogP contribution in [-0.2, 0) is 14.9 Å². The van der Waals surface area contributed by atoms with Crippen LogP contribution in [0.15, 0.2) is 12.1 Å². The third kappa shape index (κ3) is 2.75. The Morgan fingerprint density at radius 2 is 1.44 bits per heavy atom. The van der Waals surface area contributed by atoms with E-state index in [1.807, 2.05) is 0 Å². The van der Waals surface area contributed by atoms with E-state index in [1.54, 1.807) is 0 Å². The van der Waals surface area contributed by atoms with Crippen molar-refractivity contribution in [2.75, 3.05) is 0 Å². The van der Waals surface area contributed by atoms with Gasteiger partial charge in [-0.2, -0.15) is 39.2 Å². The average Bonchev–Trinajstić information content (AvgIpc) is 2.00.